The van der Waals surface area contributed by atoms with Gasteiger partial charge in [0.1, 0.15) is 5.75 Å². The van der Waals surface area contributed by atoms with Crippen molar-refractivity contribution in [3.8, 4) is 5.75 Å². The van der Waals surface area contributed by atoms with Crippen LogP contribution in [0.4, 0.5) is 0 Å². The number of likely N-dealkylation sites (tertiary alicyclic amines) is 1. The zero-order chi connectivity index (χ0) is 21.2. The van der Waals surface area contributed by atoms with Crippen LogP contribution in [0.3, 0.4) is 0 Å². The lowest BCUT2D eigenvalue weighted by molar-refractivity contribution is -0.0133. The van der Waals surface area contributed by atoms with Gasteiger partial charge < -0.3 is 14.7 Å². The van der Waals surface area contributed by atoms with Crippen molar-refractivity contribution in [2.75, 3.05) is 26.2 Å². The Bertz CT molecular complexity index is 724. The van der Waals surface area contributed by atoms with Crippen LogP contribution in [-0.2, 0) is 5.60 Å². The molecule has 3 nitrogen and oxygen atoms in total. The number of ether oxygens (including phenoxy) is 1. The SMILES string of the molecule is CCCCCCC(O)(c1ccc(OCC)cc1)C(CN1CCCC1)c1ccccc1. The maximum atomic E-state index is 12.3. The molecule has 0 amide bonds. The highest BCUT2D eigenvalue weighted by molar-refractivity contribution is 5.35. The minimum atomic E-state index is -0.886. The van der Waals surface area contributed by atoms with E-state index >= 15 is 0 Å². The van der Waals surface area contributed by atoms with Gasteiger partial charge in [-0.25, -0.2) is 0 Å². The van der Waals surface area contributed by atoms with E-state index in [1.54, 1.807) is 0 Å². The normalized spacial score (nSPS) is 17.6. The molecule has 3 heteroatoms. The van der Waals surface area contributed by atoms with Crippen LogP contribution in [0.5, 0.6) is 5.75 Å². The Morgan fingerprint density at radius 2 is 1.63 bits per heavy atom. The highest BCUT2D eigenvalue weighted by Gasteiger charge is 2.40. The van der Waals surface area contributed by atoms with E-state index in [2.05, 4.69) is 54.3 Å². The number of unbranched alkanes of at least 4 members (excludes halogenated alkanes) is 3. The van der Waals surface area contributed by atoms with Crippen molar-refractivity contribution in [2.45, 2.75) is 70.3 Å². The second kappa shape index (κ2) is 11.5. The molecule has 1 heterocycles. The summed E-state index contributed by atoms with van der Waals surface area (Å²) in [5.41, 5.74) is 1.36. The first kappa shape index (κ1) is 22.8. The number of hydrogen-bond acceptors (Lipinski definition) is 3. The third-order valence-corrected chi connectivity index (χ3v) is 6.49. The van der Waals surface area contributed by atoms with E-state index in [-0.39, 0.29) is 5.92 Å². The van der Waals surface area contributed by atoms with Crippen LogP contribution in [0.25, 0.3) is 0 Å². The maximum absolute atomic E-state index is 12.3. The fourth-order valence-electron chi connectivity index (χ4n) is 4.79. The molecule has 0 bridgehead atoms. The molecule has 164 valence electrons. The molecule has 2 unspecified atom stereocenters. The van der Waals surface area contributed by atoms with Crippen molar-refractivity contribution >= 4 is 0 Å². The Kier molecular flexibility index (Phi) is 8.77. The molecular weight excluding hydrogens is 370 g/mol. The molecule has 0 saturated carbocycles. The molecule has 1 saturated heterocycles. The van der Waals surface area contributed by atoms with E-state index in [9.17, 15) is 5.11 Å². The summed E-state index contributed by atoms with van der Waals surface area (Å²) in [7, 11) is 0. The Morgan fingerprint density at radius 3 is 2.27 bits per heavy atom. The molecule has 2 aromatic rings. The average Bonchev–Trinajstić information content (AvgIpc) is 3.30. The van der Waals surface area contributed by atoms with Crippen molar-refractivity contribution in [3.63, 3.8) is 0 Å². The number of aliphatic hydroxyl groups is 1. The van der Waals surface area contributed by atoms with Crippen molar-refractivity contribution in [1.29, 1.82) is 0 Å². The highest BCUT2D eigenvalue weighted by Crippen LogP contribution is 2.42. The van der Waals surface area contributed by atoms with Crippen molar-refractivity contribution < 1.29 is 9.84 Å². The first-order valence-electron chi connectivity index (χ1n) is 11.9. The van der Waals surface area contributed by atoms with Gasteiger partial charge in [0.05, 0.1) is 12.2 Å². The van der Waals surface area contributed by atoms with Gasteiger partial charge in [0, 0.05) is 12.5 Å². The predicted octanol–water partition coefficient (Wildman–Crippen LogP) is 6.12. The summed E-state index contributed by atoms with van der Waals surface area (Å²) in [6.07, 6.45) is 7.95. The Balaban J connectivity index is 1.94. The third-order valence-electron chi connectivity index (χ3n) is 6.49. The molecule has 1 aliphatic heterocycles. The molecule has 0 aromatic heterocycles. The van der Waals surface area contributed by atoms with Crippen LogP contribution in [-0.4, -0.2) is 36.2 Å². The van der Waals surface area contributed by atoms with Gasteiger partial charge in [-0.2, -0.15) is 0 Å². The standard InChI is InChI=1S/C27H39NO2/c1-3-5-6-10-19-27(29,24-15-17-25(18-16-24)30-4-2)26(22-28-20-11-12-21-28)23-13-8-7-9-14-23/h7-9,13-18,26,29H,3-6,10-12,19-22H2,1-2H3. The summed E-state index contributed by atoms with van der Waals surface area (Å²) in [4.78, 5) is 2.53. The van der Waals surface area contributed by atoms with Gasteiger partial charge in [0.25, 0.3) is 0 Å². The Labute approximate surface area is 183 Å². The van der Waals surface area contributed by atoms with Crippen molar-refractivity contribution in [2.24, 2.45) is 0 Å². The summed E-state index contributed by atoms with van der Waals surface area (Å²) < 4.78 is 5.65. The second-order valence-corrected chi connectivity index (χ2v) is 8.66. The van der Waals surface area contributed by atoms with Gasteiger partial charge >= 0.3 is 0 Å². The molecule has 3 rings (SSSR count). The molecule has 0 radical (unpaired) electrons. The third kappa shape index (κ3) is 5.86. The number of nitrogens with zero attached hydrogens (tertiary/aromatic N) is 1. The zero-order valence-electron chi connectivity index (χ0n) is 18.9. The fourth-order valence-corrected chi connectivity index (χ4v) is 4.79. The first-order chi connectivity index (χ1) is 14.7. The predicted molar refractivity (Wildman–Crippen MR) is 125 cm³/mol. The molecule has 2 aromatic carbocycles. The van der Waals surface area contributed by atoms with Crippen molar-refractivity contribution in [3.05, 3.63) is 65.7 Å². The maximum Gasteiger partial charge on any atom is 0.119 e. The first-order valence-corrected chi connectivity index (χ1v) is 11.9. The Hall–Kier alpha value is -1.84. The summed E-state index contributed by atoms with van der Waals surface area (Å²) in [5, 5.41) is 12.3. The van der Waals surface area contributed by atoms with Crippen LogP contribution in [0.2, 0.25) is 0 Å². The largest absolute Gasteiger partial charge is 0.494 e. The van der Waals surface area contributed by atoms with E-state index in [1.807, 2.05) is 19.1 Å². The van der Waals surface area contributed by atoms with Crippen molar-refractivity contribution in [1.82, 2.24) is 4.90 Å². The van der Waals surface area contributed by atoms with Gasteiger partial charge in [-0.15, -0.1) is 0 Å². The van der Waals surface area contributed by atoms with Crippen LogP contribution < -0.4 is 4.74 Å². The summed E-state index contributed by atoms with van der Waals surface area (Å²) in [6, 6.07) is 18.8. The molecule has 0 aliphatic carbocycles. The molecule has 1 aliphatic rings. The average molecular weight is 410 g/mol. The lowest BCUT2D eigenvalue weighted by Crippen LogP contribution is -2.40. The molecule has 1 fully saturated rings. The quantitative estimate of drug-likeness (QED) is 0.428. The Morgan fingerprint density at radius 1 is 0.933 bits per heavy atom. The van der Waals surface area contributed by atoms with Gasteiger partial charge in [0.15, 0.2) is 0 Å². The summed E-state index contributed by atoms with van der Waals surface area (Å²) in [5.74, 6) is 0.918. The molecule has 2 atom stereocenters. The van der Waals surface area contributed by atoms with Gasteiger partial charge in [-0.05, 0) is 62.5 Å². The highest BCUT2D eigenvalue weighted by atomic mass is 16.5. The van der Waals surface area contributed by atoms with Gasteiger partial charge in [-0.1, -0.05) is 75.1 Å². The second-order valence-electron chi connectivity index (χ2n) is 8.66. The summed E-state index contributed by atoms with van der Waals surface area (Å²) in [6.45, 7) is 8.07. The monoisotopic (exact) mass is 409 g/mol. The molecule has 1 N–H and O–H groups in total. The van der Waals surface area contributed by atoms with Crippen LogP contribution in [0.15, 0.2) is 54.6 Å². The van der Waals surface area contributed by atoms with E-state index in [1.165, 1.54) is 37.7 Å². The van der Waals surface area contributed by atoms with Gasteiger partial charge in [-0.3, -0.25) is 0 Å². The number of rotatable bonds is 12. The van der Waals surface area contributed by atoms with E-state index in [4.69, 9.17) is 4.74 Å². The molecular formula is C27H39NO2. The lowest BCUT2D eigenvalue weighted by Gasteiger charge is -2.39. The molecule has 0 spiro atoms. The van der Waals surface area contributed by atoms with Crippen LogP contribution in [0, 0.1) is 0 Å². The van der Waals surface area contributed by atoms with Crippen LogP contribution in [0.1, 0.15) is 75.8 Å². The minimum Gasteiger partial charge on any atom is -0.494 e. The fraction of sp³-hybridized carbons (Fsp3) is 0.556. The van der Waals surface area contributed by atoms with Crippen LogP contribution >= 0.6 is 0 Å². The topological polar surface area (TPSA) is 32.7 Å². The van der Waals surface area contributed by atoms with E-state index in [0.717, 1.165) is 43.8 Å². The van der Waals surface area contributed by atoms with E-state index < -0.39 is 5.60 Å². The number of hydrogen-bond donors (Lipinski definition) is 1. The van der Waals surface area contributed by atoms with Gasteiger partial charge in [0.2, 0.25) is 0 Å². The number of benzene rings is 2. The lowest BCUT2D eigenvalue weighted by atomic mass is 9.74. The zero-order valence-corrected chi connectivity index (χ0v) is 18.9. The molecule has 30 heavy (non-hydrogen) atoms. The van der Waals surface area contributed by atoms with E-state index in [0.29, 0.717) is 6.61 Å². The minimum absolute atomic E-state index is 0.0522. The summed E-state index contributed by atoms with van der Waals surface area (Å²) >= 11 is 0. The smallest absolute Gasteiger partial charge is 0.119 e.